The Labute approximate surface area is 84.7 Å². The second kappa shape index (κ2) is 4.92. The minimum atomic E-state index is 0.759. The lowest BCUT2D eigenvalue weighted by molar-refractivity contribution is 1.07. The number of anilines is 1. The number of hydrogen-bond donors (Lipinski definition) is 1. The molecule has 1 heterocycles. The Morgan fingerprint density at radius 2 is 2.23 bits per heavy atom. The summed E-state index contributed by atoms with van der Waals surface area (Å²) in [7, 11) is 3.96. The van der Waals surface area contributed by atoms with Crippen LogP contribution < -0.4 is 4.90 Å². The SMILES string of the molecule is CN(C)c1ccc(C=CCS)cn1. The molecule has 2 nitrogen and oxygen atoms in total. The Morgan fingerprint density at radius 1 is 1.46 bits per heavy atom. The molecule has 1 aromatic heterocycles. The van der Waals surface area contributed by atoms with Crippen LogP contribution in [-0.4, -0.2) is 24.8 Å². The summed E-state index contributed by atoms with van der Waals surface area (Å²) in [5, 5.41) is 0. The third-order valence-electron chi connectivity index (χ3n) is 1.64. The molecule has 0 fully saturated rings. The van der Waals surface area contributed by atoms with Crippen molar-refractivity contribution in [2.75, 3.05) is 24.7 Å². The van der Waals surface area contributed by atoms with Gasteiger partial charge in [-0.15, -0.1) is 0 Å². The molecule has 13 heavy (non-hydrogen) atoms. The van der Waals surface area contributed by atoms with Gasteiger partial charge < -0.3 is 4.90 Å². The van der Waals surface area contributed by atoms with E-state index in [1.165, 1.54) is 0 Å². The van der Waals surface area contributed by atoms with E-state index in [4.69, 9.17) is 0 Å². The van der Waals surface area contributed by atoms with E-state index in [0.29, 0.717) is 0 Å². The normalized spacial score (nSPS) is 10.7. The molecular weight excluding hydrogens is 180 g/mol. The summed E-state index contributed by atoms with van der Waals surface area (Å²) < 4.78 is 0. The van der Waals surface area contributed by atoms with Crippen molar-refractivity contribution in [2.24, 2.45) is 0 Å². The lowest BCUT2D eigenvalue weighted by atomic mass is 10.2. The van der Waals surface area contributed by atoms with Gasteiger partial charge in [0.1, 0.15) is 5.82 Å². The van der Waals surface area contributed by atoms with Crippen LogP contribution in [0.25, 0.3) is 6.08 Å². The van der Waals surface area contributed by atoms with Gasteiger partial charge in [-0.25, -0.2) is 4.98 Å². The van der Waals surface area contributed by atoms with Gasteiger partial charge in [-0.05, 0) is 17.7 Å². The van der Waals surface area contributed by atoms with Crippen LogP contribution in [0.3, 0.4) is 0 Å². The first kappa shape index (κ1) is 10.1. The van der Waals surface area contributed by atoms with E-state index in [2.05, 4.69) is 17.6 Å². The number of pyridine rings is 1. The van der Waals surface area contributed by atoms with Gasteiger partial charge in [-0.2, -0.15) is 12.6 Å². The summed E-state index contributed by atoms with van der Waals surface area (Å²) >= 11 is 4.09. The number of nitrogens with zero attached hydrogens (tertiary/aromatic N) is 2. The van der Waals surface area contributed by atoms with Gasteiger partial charge >= 0.3 is 0 Å². The van der Waals surface area contributed by atoms with E-state index in [9.17, 15) is 0 Å². The van der Waals surface area contributed by atoms with E-state index >= 15 is 0 Å². The Morgan fingerprint density at radius 3 is 2.69 bits per heavy atom. The molecule has 0 saturated carbocycles. The van der Waals surface area contributed by atoms with Crippen LogP contribution in [0.2, 0.25) is 0 Å². The molecule has 0 aromatic carbocycles. The Hall–Kier alpha value is -0.960. The van der Waals surface area contributed by atoms with E-state index in [1.54, 1.807) is 0 Å². The molecule has 3 heteroatoms. The fourth-order valence-corrected chi connectivity index (χ4v) is 1.05. The van der Waals surface area contributed by atoms with Gasteiger partial charge in [-0.3, -0.25) is 0 Å². The van der Waals surface area contributed by atoms with Crippen molar-refractivity contribution >= 4 is 24.5 Å². The average Bonchev–Trinajstić information content (AvgIpc) is 2.15. The van der Waals surface area contributed by atoms with Crippen molar-refractivity contribution in [1.82, 2.24) is 4.98 Å². The van der Waals surface area contributed by atoms with Crippen LogP contribution in [0.1, 0.15) is 5.56 Å². The summed E-state index contributed by atoms with van der Waals surface area (Å²) in [4.78, 5) is 6.26. The molecule has 0 N–H and O–H groups in total. The molecule has 0 atom stereocenters. The summed E-state index contributed by atoms with van der Waals surface area (Å²) in [6.45, 7) is 0. The van der Waals surface area contributed by atoms with Crippen LogP contribution in [0.15, 0.2) is 24.4 Å². The third-order valence-corrected chi connectivity index (χ3v) is 1.86. The maximum absolute atomic E-state index is 4.28. The van der Waals surface area contributed by atoms with Crippen molar-refractivity contribution < 1.29 is 0 Å². The Balaban J connectivity index is 2.75. The quantitative estimate of drug-likeness (QED) is 0.742. The molecule has 0 radical (unpaired) electrons. The van der Waals surface area contributed by atoms with Gasteiger partial charge in [0.15, 0.2) is 0 Å². The molecule has 0 unspecified atom stereocenters. The van der Waals surface area contributed by atoms with Crippen LogP contribution in [0.5, 0.6) is 0 Å². The zero-order valence-electron chi connectivity index (χ0n) is 7.94. The first-order valence-electron chi connectivity index (χ1n) is 4.15. The zero-order valence-corrected chi connectivity index (χ0v) is 8.83. The van der Waals surface area contributed by atoms with Crippen LogP contribution in [0, 0.1) is 0 Å². The maximum Gasteiger partial charge on any atom is 0.127 e. The maximum atomic E-state index is 4.28. The smallest absolute Gasteiger partial charge is 0.127 e. The summed E-state index contributed by atoms with van der Waals surface area (Å²) in [5.41, 5.74) is 1.11. The van der Waals surface area contributed by atoms with Gasteiger partial charge in [0.25, 0.3) is 0 Å². The Bertz CT molecular complexity index is 277. The predicted octanol–water partition coefficient (Wildman–Crippen LogP) is 2.09. The monoisotopic (exact) mass is 194 g/mol. The van der Waals surface area contributed by atoms with Crippen molar-refractivity contribution in [3.63, 3.8) is 0 Å². The number of hydrogen-bond acceptors (Lipinski definition) is 3. The summed E-state index contributed by atoms with van der Waals surface area (Å²) in [6, 6.07) is 4.04. The minimum Gasteiger partial charge on any atom is -0.363 e. The van der Waals surface area contributed by atoms with Crippen molar-refractivity contribution in [3.8, 4) is 0 Å². The molecule has 0 aliphatic carbocycles. The molecule has 0 amide bonds. The largest absolute Gasteiger partial charge is 0.363 e. The van der Waals surface area contributed by atoms with Crippen LogP contribution in [-0.2, 0) is 0 Å². The molecule has 0 saturated heterocycles. The molecule has 0 spiro atoms. The van der Waals surface area contributed by atoms with Crippen LogP contribution >= 0.6 is 12.6 Å². The van der Waals surface area contributed by atoms with Crippen molar-refractivity contribution in [3.05, 3.63) is 30.0 Å². The third kappa shape index (κ3) is 3.11. The fraction of sp³-hybridized carbons (Fsp3) is 0.300. The van der Waals surface area contributed by atoms with Crippen LogP contribution in [0.4, 0.5) is 5.82 Å². The zero-order chi connectivity index (χ0) is 9.68. The first-order valence-corrected chi connectivity index (χ1v) is 4.78. The highest BCUT2D eigenvalue weighted by molar-refractivity contribution is 7.80. The molecule has 0 aliphatic rings. The van der Waals surface area contributed by atoms with E-state index in [0.717, 1.165) is 17.1 Å². The second-order valence-electron chi connectivity index (χ2n) is 2.93. The first-order chi connectivity index (χ1) is 6.24. The lowest BCUT2D eigenvalue weighted by Gasteiger charge is -2.10. The van der Waals surface area contributed by atoms with Gasteiger partial charge in [0.2, 0.25) is 0 Å². The number of thiol groups is 1. The highest BCUT2D eigenvalue weighted by Crippen LogP contribution is 2.08. The van der Waals surface area contributed by atoms with Crippen molar-refractivity contribution in [2.45, 2.75) is 0 Å². The van der Waals surface area contributed by atoms with E-state index in [1.807, 2.05) is 49.5 Å². The molecule has 70 valence electrons. The highest BCUT2D eigenvalue weighted by Gasteiger charge is 1.94. The molecule has 1 rings (SSSR count). The molecular formula is C10H14N2S. The van der Waals surface area contributed by atoms with Crippen molar-refractivity contribution in [1.29, 1.82) is 0 Å². The number of aromatic nitrogens is 1. The topological polar surface area (TPSA) is 16.1 Å². The fourth-order valence-electron chi connectivity index (χ4n) is 0.949. The van der Waals surface area contributed by atoms with E-state index in [-0.39, 0.29) is 0 Å². The molecule has 0 aliphatic heterocycles. The van der Waals surface area contributed by atoms with Gasteiger partial charge in [0, 0.05) is 26.0 Å². The minimum absolute atomic E-state index is 0.759. The Kier molecular flexibility index (Phi) is 3.83. The highest BCUT2D eigenvalue weighted by atomic mass is 32.1. The molecule has 1 aromatic rings. The second-order valence-corrected chi connectivity index (χ2v) is 3.29. The predicted molar refractivity (Wildman–Crippen MR) is 61.5 cm³/mol. The van der Waals surface area contributed by atoms with Gasteiger partial charge in [0.05, 0.1) is 0 Å². The molecule has 0 bridgehead atoms. The average molecular weight is 194 g/mol. The van der Waals surface area contributed by atoms with E-state index < -0.39 is 0 Å². The summed E-state index contributed by atoms with van der Waals surface area (Å²) in [5.74, 6) is 1.73. The number of rotatable bonds is 3. The van der Waals surface area contributed by atoms with Gasteiger partial charge in [-0.1, -0.05) is 12.2 Å². The summed E-state index contributed by atoms with van der Waals surface area (Å²) in [6.07, 6.45) is 5.87. The standard InChI is InChI=1S/C10H14N2S/c1-12(2)10-6-5-9(8-11-10)4-3-7-13/h3-6,8,13H,7H2,1-2H3. The lowest BCUT2D eigenvalue weighted by Crippen LogP contribution is -2.09.